The minimum atomic E-state index is -0.0145. The van der Waals surface area contributed by atoms with Gasteiger partial charge in [-0.1, -0.05) is 24.3 Å². The van der Waals surface area contributed by atoms with Crippen LogP contribution in [-0.4, -0.2) is 31.4 Å². The quantitative estimate of drug-likeness (QED) is 0.892. The summed E-state index contributed by atoms with van der Waals surface area (Å²) in [5, 5.41) is 6.36. The van der Waals surface area contributed by atoms with Crippen LogP contribution in [0.15, 0.2) is 42.5 Å². The Morgan fingerprint density at radius 1 is 1.17 bits per heavy atom. The van der Waals surface area contributed by atoms with Gasteiger partial charge in [-0.2, -0.15) is 0 Å². The standard InChI is InChI=1S/C19H23N3O/c1-22(2)13-17-6-4-3-5-16(17)12-21-19(23)15-7-8-18-14(11-15)9-10-20-18/h3-8,11,20H,9-10,12-13H2,1-2H3,(H,21,23). The summed E-state index contributed by atoms with van der Waals surface area (Å²) < 4.78 is 0. The highest BCUT2D eigenvalue weighted by molar-refractivity contribution is 5.95. The highest BCUT2D eigenvalue weighted by atomic mass is 16.1. The van der Waals surface area contributed by atoms with E-state index in [-0.39, 0.29) is 5.91 Å². The highest BCUT2D eigenvalue weighted by Crippen LogP contribution is 2.23. The van der Waals surface area contributed by atoms with Gasteiger partial charge >= 0.3 is 0 Å². The third-order valence-electron chi connectivity index (χ3n) is 4.12. The van der Waals surface area contributed by atoms with Crippen molar-refractivity contribution in [3.8, 4) is 0 Å². The number of amides is 1. The summed E-state index contributed by atoms with van der Waals surface area (Å²) in [4.78, 5) is 14.5. The van der Waals surface area contributed by atoms with Gasteiger partial charge in [-0.15, -0.1) is 0 Å². The van der Waals surface area contributed by atoms with Crippen LogP contribution in [0.3, 0.4) is 0 Å². The van der Waals surface area contributed by atoms with Crippen molar-refractivity contribution in [3.05, 3.63) is 64.7 Å². The Morgan fingerprint density at radius 3 is 2.74 bits per heavy atom. The minimum Gasteiger partial charge on any atom is -0.384 e. The second kappa shape index (κ2) is 6.84. The van der Waals surface area contributed by atoms with Gasteiger partial charge in [0.25, 0.3) is 5.91 Å². The number of carbonyl (C=O) groups excluding carboxylic acids is 1. The van der Waals surface area contributed by atoms with E-state index in [1.165, 1.54) is 11.1 Å². The number of benzene rings is 2. The van der Waals surface area contributed by atoms with Crippen LogP contribution >= 0.6 is 0 Å². The average Bonchev–Trinajstić information content (AvgIpc) is 3.00. The Hall–Kier alpha value is -2.33. The van der Waals surface area contributed by atoms with Crippen molar-refractivity contribution in [2.45, 2.75) is 19.5 Å². The van der Waals surface area contributed by atoms with Crippen LogP contribution in [0.5, 0.6) is 0 Å². The molecule has 0 unspecified atom stereocenters. The number of carbonyl (C=O) groups is 1. The molecule has 0 atom stereocenters. The van der Waals surface area contributed by atoms with Gasteiger partial charge < -0.3 is 15.5 Å². The minimum absolute atomic E-state index is 0.0145. The molecule has 0 spiro atoms. The van der Waals surface area contributed by atoms with Crippen molar-refractivity contribution in [2.75, 3.05) is 26.0 Å². The van der Waals surface area contributed by atoms with Crippen molar-refractivity contribution < 1.29 is 4.79 Å². The Bertz CT molecular complexity index is 710. The van der Waals surface area contributed by atoms with E-state index in [4.69, 9.17) is 0 Å². The smallest absolute Gasteiger partial charge is 0.251 e. The second-order valence-corrected chi connectivity index (χ2v) is 6.24. The summed E-state index contributed by atoms with van der Waals surface area (Å²) >= 11 is 0. The SMILES string of the molecule is CN(C)Cc1ccccc1CNC(=O)c1ccc2c(c1)CCN2. The molecule has 23 heavy (non-hydrogen) atoms. The first-order valence-corrected chi connectivity index (χ1v) is 8.00. The molecule has 4 nitrogen and oxygen atoms in total. The lowest BCUT2D eigenvalue weighted by Crippen LogP contribution is -2.24. The van der Waals surface area contributed by atoms with E-state index in [1.54, 1.807) is 0 Å². The number of nitrogens with one attached hydrogen (secondary N) is 2. The fraction of sp³-hybridized carbons (Fsp3) is 0.316. The van der Waals surface area contributed by atoms with E-state index >= 15 is 0 Å². The molecule has 1 aliphatic heterocycles. The summed E-state index contributed by atoms with van der Waals surface area (Å²) in [5.74, 6) is -0.0145. The molecule has 0 aromatic heterocycles. The number of hydrogen-bond acceptors (Lipinski definition) is 3. The van der Waals surface area contributed by atoms with E-state index in [2.05, 4.69) is 27.7 Å². The third-order valence-corrected chi connectivity index (χ3v) is 4.12. The lowest BCUT2D eigenvalue weighted by atomic mass is 10.1. The monoisotopic (exact) mass is 309 g/mol. The summed E-state index contributed by atoms with van der Waals surface area (Å²) in [7, 11) is 4.10. The Labute approximate surface area is 137 Å². The molecular formula is C19H23N3O. The first kappa shape index (κ1) is 15.6. The fourth-order valence-electron chi connectivity index (χ4n) is 2.95. The first-order valence-electron chi connectivity index (χ1n) is 8.00. The van der Waals surface area contributed by atoms with E-state index in [9.17, 15) is 4.79 Å². The molecule has 0 fully saturated rings. The normalized spacial score (nSPS) is 12.8. The Balaban J connectivity index is 1.67. The maximum atomic E-state index is 12.4. The summed E-state index contributed by atoms with van der Waals surface area (Å²) in [6.07, 6.45) is 0.988. The Morgan fingerprint density at radius 2 is 1.96 bits per heavy atom. The zero-order valence-electron chi connectivity index (χ0n) is 13.7. The van der Waals surface area contributed by atoms with Crippen molar-refractivity contribution in [1.82, 2.24) is 10.2 Å². The van der Waals surface area contributed by atoms with Gasteiger partial charge in [-0.3, -0.25) is 4.79 Å². The predicted molar refractivity (Wildman–Crippen MR) is 93.6 cm³/mol. The molecule has 0 aliphatic carbocycles. The first-order chi connectivity index (χ1) is 11.1. The van der Waals surface area contributed by atoms with Crippen molar-refractivity contribution in [2.24, 2.45) is 0 Å². The van der Waals surface area contributed by atoms with Gasteiger partial charge in [0.15, 0.2) is 0 Å². The zero-order chi connectivity index (χ0) is 16.2. The van der Waals surface area contributed by atoms with Crippen LogP contribution in [0.1, 0.15) is 27.0 Å². The number of hydrogen-bond donors (Lipinski definition) is 2. The van der Waals surface area contributed by atoms with Gasteiger partial charge in [0.1, 0.15) is 0 Å². The number of nitrogens with zero attached hydrogens (tertiary/aromatic N) is 1. The Kier molecular flexibility index (Phi) is 4.63. The molecule has 1 amide bonds. The van der Waals surface area contributed by atoms with Gasteiger partial charge in [0.2, 0.25) is 0 Å². The largest absolute Gasteiger partial charge is 0.384 e. The van der Waals surface area contributed by atoms with Gasteiger partial charge in [-0.05, 0) is 55.4 Å². The topological polar surface area (TPSA) is 44.4 Å². The van der Waals surface area contributed by atoms with Crippen LogP contribution in [-0.2, 0) is 19.5 Å². The van der Waals surface area contributed by atoms with Crippen LogP contribution in [0.25, 0.3) is 0 Å². The molecule has 2 aromatic rings. The molecule has 1 aliphatic rings. The molecule has 3 rings (SSSR count). The predicted octanol–water partition coefficient (Wildman–Crippen LogP) is 2.65. The highest BCUT2D eigenvalue weighted by Gasteiger charge is 2.13. The van der Waals surface area contributed by atoms with Crippen LogP contribution in [0.4, 0.5) is 5.69 Å². The van der Waals surface area contributed by atoms with Crippen molar-refractivity contribution >= 4 is 11.6 Å². The molecule has 0 saturated heterocycles. The van der Waals surface area contributed by atoms with E-state index in [0.717, 1.165) is 36.3 Å². The summed E-state index contributed by atoms with van der Waals surface area (Å²) in [6, 6.07) is 14.1. The molecule has 1 heterocycles. The van der Waals surface area contributed by atoms with Crippen LogP contribution < -0.4 is 10.6 Å². The number of anilines is 1. The maximum Gasteiger partial charge on any atom is 0.251 e. The molecule has 0 saturated carbocycles. The third kappa shape index (κ3) is 3.71. The lowest BCUT2D eigenvalue weighted by molar-refractivity contribution is 0.0950. The van der Waals surface area contributed by atoms with E-state index < -0.39 is 0 Å². The average molecular weight is 309 g/mol. The molecule has 0 bridgehead atoms. The number of fused-ring (bicyclic) bond motifs is 1. The second-order valence-electron chi connectivity index (χ2n) is 6.24. The molecule has 4 heteroatoms. The maximum absolute atomic E-state index is 12.4. The fourth-order valence-corrected chi connectivity index (χ4v) is 2.95. The molecule has 2 aromatic carbocycles. The van der Waals surface area contributed by atoms with Gasteiger partial charge in [0.05, 0.1) is 0 Å². The summed E-state index contributed by atoms with van der Waals surface area (Å²) in [6.45, 7) is 2.38. The molecule has 0 radical (unpaired) electrons. The van der Waals surface area contributed by atoms with Gasteiger partial charge in [0, 0.05) is 30.9 Å². The van der Waals surface area contributed by atoms with E-state index in [0.29, 0.717) is 6.54 Å². The van der Waals surface area contributed by atoms with Crippen molar-refractivity contribution in [3.63, 3.8) is 0 Å². The van der Waals surface area contributed by atoms with Crippen LogP contribution in [0.2, 0.25) is 0 Å². The van der Waals surface area contributed by atoms with Crippen LogP contribution in [0, 0.1) is 0 Å². The summed E-state index contributed by atoms with van der Waals surface area (Å²) in [5.41, 5.74) is 5.52. The van der Waals surface area contributed by atoms with Crippen molar-refractivity contribution in [1.29, 1.82) is 0 Å². The zero-order valence-corrected chi connectivity index (χ0v) is 13.7. The number of rotatable bonds is 5. The lowest BCUT2D eigenvalue weighted by Gasteiger charge is -2.15. The molecule has 120 valence electrons. The molecule has 2 N–H and O–H groups in total. The van der Waals surface area contributed by atoms with E-state index in [1.807, 2.05) is 44.4 Å². The molecular weight excluding hydrogens is 286 g/mol. The van der Waals surface area contributed by atoms with Gasteiger partial charge in [-0.25, -0.2) is 0 Å².